The summed E-state index contributed by atoms with van der Waals surface area (Å²) in [5, 5.41) is 5.27. The largest absolute Gasteiger partial charge is 0.339 e. The Morgan fingerprint density at radius 1 is 1.24 bits per heavy atom. The number of pyridine rings is 1. The van der Waals surface area contributed by atoms with E-state index < -0.39 is 0 Å². The Morgan fingerprint density at radius 3 is 3.00 bits per heavy atom. The van der Waals surface area contributed by atoms with Crippen LogP contribution in [0, 0.1) is 0 Å². The molecule has 5 rings (SSSR count). The van der Waals surface area contributed by atoms with Gasteiger partial charge in [-0.25, -0.2) is 0 Å². The molecule has 2 aliphatic rings. The number of nitrogens with one attached hydrogen (secondary N) is 1. The second kappa shape index (κ2) is 5.81. The Balaban J connectivity index is 1.42. The van der Waals surface area contributed by atoms with Gasteiger partial charge in [-0.1, -0.05) is 23.4 Å². The Kier molecular flexibility index (Phi) is 3.45. The number of fused-ring (bicyclic) bond motifs is 1. The zero-order chi connectivity index (χ0) is 16.8. The van der Waals surface area contributed by atoms with Gasteiger partial charge in [0.25, 0.3) is 5.56 Å². The highest BCUT2D eigenvalue weighted by Crippen LogP contribution is 2.40. The van der Waals surface area contributed by atoms with Gasteiger partial charge in [0.1, 0.15) is 0 Å². The molecule has 1 atom stereocenters. The number of aromatic nitrogens is 3. The molecular formula is C19H20N4O2. The van der Waals surface area contributed by atoms with Gasteiger partial charge in [0, 0.05) is 23.5 Å². The quantitative estimate of drug-likeness (QED) is 0.792. The Morgan fingerprint density at radius 2 is 2.12 bits per heavy atom. The Bertz CT molecular complexity index is 973. The molecule has 0 unspecified atom stereocenters. The molecule has 128 valence electrons. The second-order valence-electron chi connectivity index (χ2n) is 7.10. The number of aromatic amines is 1. The molecule has 25 heavy (non-hydrogen) atoms. The number of likely N-dealkylation sites (tertiary alicyclic amines) is 1. The summed E-state index contributed by atoms with van der Waals surface area (Å²) in [6.45, 7) is 1.56. The standard InChI is InChI=1S/C19H20N4O2/c24-18-14(10-13-4-1-2-5-15(13)20-18)11-23-9-3-6-16(23)17-21-19(25-22-17)12-7-8-12/h1-2,4-5,10,12,16H,3,6-9,11H2,(H,20,24)/t16-/m1/s1. The second-order valence-corrected chi connectivity index (χ2v) is 7.10. The van der Waals surface area contributed by atoms with E-state index >= 15 is 0 Å². The lowest BCUT2D eigenvalue weighted by Crippen LogP contribution is -2.27. The van der Waals surface area contributed by atoms with E-state index in [1.807, 2.05) is 30.3 Å². The van der Waals surface area contributed by atoms with Crippen LogP contribution in [-0.2, 0) is 6.54 Å². The van der Waals surface area contributed by atoms with Crippen LogP contribution in [0.1, 0.15) is 54.9 Å². The van der Waals surface area contributed by atoms with Crippen molar-refractivity contribution >= 4 is 10.9 Å². The van der Waals surface area contributed by atoms with E-state index in [1.54, 1.807) is 0 Å². The molecule has 2 aromatic heterocycles. The summed E-state index contributed by atoms with van der Waals surface area (Å²) in [6, 6.07) is 10.0. The van der Waals surface area contributed by atoms with Crippen LogP contribution in [0.3, 0.4) is 0 Å². The van der Waals surface area contributed by atoms with Crippen LogP contribution in [0.4, 0.5) is 0 Å². The van der Waals surface area contributed by atoms with Crippen molar-refractivity contribution < 1.29 is 4.52 Å². The molecule has 1 N–H and O–H groups in total. The van der Waals surface area contributed by atoms with Crippen molar-refractivity contribution in [3.05, 3.63) is 58.0 Å². The third-order valence-electron chi connectivity index (χ3n) is 5.25. The number of rotatable bonds is 4. The van der Waals surface area contributed by atoms with E-state index in [0.717, 1.165) is 60.4 Å². The number of nitrogens with zero attached hydrogens (tertiary/aromatic N) is 3. The van der Waals surface area contributed by atoms with Crippen LogP contribution >= 0.6 is 0 Å². The molecule has 6 heteroatoms. The minimum Gasteiger partial charge on any atom is -0.339 e. The maximum absolute atomic E-state index is 12.4. The van der Waals surface area contributed by atoms with E-state index in [4.69, 9.17) is 4.52 Å². The highest BCUT2D eigenvalue weighted by molar-refractivity contribution is 5.78. The Hall–Kier alpha value is -2.47. The molecule has 0 bridgehead atoms. The molecular weight excluding hydrogens is 316 g/mol. The molecule has 2 fully saturated rings. The molecule has 1 saturated carbocycles. The van der Waals surface area contributed by atoms with Gasteiger partial charge in [0.2, 0.25) is 5.89 Å². The fraction of sp³-hybridized carbons (Fsp3) is 0.421. The zero-order valence-corrected chi connectivity index (χ0v) is 13.9. The molecule has 1 aliphatic carbocycles. The average Bonchev–Trinajstić information content (AvgIpc) is 3.17. The molecule has 1 saturated heterocycles. The summed E-state index contributed by atoms with van der Waals surface area (Å²) in [4.78, 5) is 22.3. The summed E-state index contributed by atoms with van der Waals surface area (Å²) in [5.74, 6) is 2.03. The molecule has 3 heterocycles. The van der Waals surface area contributed by atoms with Crippen molar-refractivity contribution in [1.29, 1.82) is 0 Å². The summed E-state index contributed by atoms with van der Waals surface area (Å²) < 4.78 is 5.43. The predicted molar refractivity (Wildman–Crippen MR) is 93.2 cm³/mol. The third-order valence-corrected chi connectivity index (χ3v) is 5.25. The smallest absolute Gasteiger partial charge is 0.252 e. The third kappa shape index (κ3) is 2.76. The number of hydrogen-bond acceptors (Lipinski definition) is 5. The van der Waals surface area contributed by atoms with Crippen molar-refractivity contribution in [1.82, 2.24) is 20.0 Å². The van der Waals surface area contributed by atoms with Crippen LogP contribution in [-0.4, -0.2) is 26.6 Å². The van der Waals surface area contributed by atoms with E-state index in [9.17, 15) is 4.79 Å². The monoisotopic (exact) mass is 336 g/mol. The first kappa shape index (κ1) is 14.8. The Labute approximate surface area is 144 Å². The molecule has 6 nitrogen and oxygen atoms in total. The normalized spacial score (nSPS) is 21.2. The summed E-state index contributed by atoms with van der Waals surface area (Å²) in [5.41, 5.74) is 1.65. The topological polar surface area (TPSA) is 75.0 Å². The molecule has 3 aromatic rings. The number of H-pyrrole nitrogens is 1. The van der Waals surface area contributed by atoms with Gasteiger partial charge in [-0.2, -0.15) is 4.98 Å². The van der Waals surface area contributed by atoms with Gasteiger partial charge >= 0.3 is 0 Å². The molecule has 1 aromatic carbocycles. The SMILES string of the molecule is O=c1[nH]c2ccccc2cc1CN1CCC[C@@H]1c1noc(C2CC2)n1. The molecule has 0 amide bonds. The van der Waals surface area contributed by atoms with Gasteiger partial charge in [-0.15, -0.1) is 0 Å². The number of para-hydroxylation sites is 1. The van der Waals surface area contributed by atoms with Crippen molar-refractivity contribution in [2.24, 2.45) is 0 Å². The van der Waals surface area contributed by atoms with Gasteiger partial charge in [0.15, 0.2) is 5.82 Å². The van der Waals surface area contributed by atoms with Gasteiger partial charge in [-0.3, -0.25) is 9.69 Å². The molecule has 1 aliphatic heterocycles. The van der Waals surface area contributed by atoms with Crippen molar-refractivity contribution in [2.75, 3.05) is 6.54 Å². The van der Waals surface area contributed by atoms with Crippen molar-refractivity contribution in [3.63, 3.8) is 0 Å². The maximum Gasteiger partial charge on any atom is 0.252 e. The van der Waals surface area contributed by atoms with Gasteiger partial charge in [0.05, 0.1) is 6.04 Å². The highest BCUT2D eigenvalue weighted by atomic mass is 16.5. The van der Waals surface area contributed by atoms with Gasteiger partial charge in [-0.05, 0) is 49.7 Å². The van der Waals surface area contributed by atoms with Crippen LogP contribution in [0.25, 0.3) is 10.9 Å². The van der Waals surface area contributed by atoms with E-state index in [0.29, 0.717) is 12.5 Å². The first-order valence-corrected chi connectivity index (χ1v) is 8.96. The maximum atomic E-state index is 12.4. The van der Waals surface area contributed by atoms with E-state index in [1.165, 1.54) is 0 Å². The fourth-order valence-electron chi connectivity index (χ4n) is 3.72. The lowest BCUT2D eigenvalue weighted by Gasteiger charge is -2.21. The van der Waals surface area contributed by atoms with Crippen LogP contribution < -0.4 is 5.56 Å². The van der Waals surface area contributed by atoms with Gasteiger partial charge < -0.3 is 9.51 Å². The minimum absolute atomic E-state index is 0.0175. The first-order chi connectivity index (χ1) is 12.3. The van der Waals surface area contributed by atoms with Crippen LogP contribution in [0.2, 0.25) is 0 Å². The van der Waals surface area contributed by atoms with Crippen LogP contribution in [0.5, 0.6) is 0 Å². The van der Waals surface area contributed by atoms with Crippen LogP contribution in [0.15, 0.2) is 39.6 Å². The first-order valence-electron chi connectivity index (χ1n) is 8.96. The predicted octanol–water partition coefficient (Wildman–Crippen LogP) is 3.13. The molecule has 0 spiro atoms. The summed E-state index contributed by atoms with van der Waals surface area (Å²) in [6.07, 6.45) is 4.41. The minimum atomic E-state index is -0.0175. The fourth-order valence-corrected chi connectivity index (χ4v) is 3.72. The van der Waals surface area contributed by atoms with Crippen molar-refractivity contribution in [3.8, 4) is 0 Å². The van der Waals surface area contributed by atoms with Crippen molar-refractivity contribution in [2.45, 2.75) is 44.2 Å². The summed E-state index contributed by atoms with van der Waals surface area (Å²) in [7, 11) is 0. The van der Waals surface area contributed by atoms with E-state index in [2.05, 4.69) is 20.0 Å². The average molecular weight is 336 g/mol. The highest BCUT2D eigenvalue weighted by Gasteiger charge is 2.34. The number of benzene rings is 1. The lowest BCUT2D eigenvalue weighted by molar-refractivity contribution is 0.233. The van der Waals surface area contributed by atoms with E-state index in [-0.39, 0.29) is 11.6 Å². The summed E-state index contributed by atoms with van der Waals surface area (Å²) >= 11 is 0. The molecule has 0 radical (unpaired) electrons. The lowest BCUT2D eigenvalue weighted by atomic mass is 10.1. The zero-order valence-electron chi connectivity index (χ0n) is 13.9. The number of hydrogen-bond donors (Lipinski definition) is 1.